The number of rotatable bonds is 12. The first kappa shape index (κ1) is 22.4. The Balaban J connectivity index is 0. The van der Waals surface area contributed by atoms with Crippen LogP contribution in [0.2, 0.25) is 0 Å². The highest BCUT2D eigenvalue weighted by atomic mass is 16.2. The molecule has 0 aromatic carbocycles. The summed E-state index contributed by atoms with van der Waals surface area (Å²) >= 11 is 0. The zero-order valence-electron chi connectivity index (χ0n) is 15.0. The average Bonchev–Trinajstić information content (AvgIpc) is 2.52. The normalized spacial score (nSPS) is 9.76. The largest absolute Gasteiger partial charge is 0.346 e. The SMILES string of the molecule is CC.CCCCN(C)C(=O)CCCCCCCC(=O)CC. The van der Waals surface area contributed by atoms with Gasteiger partial charge in [-0.15, -0.1) is 0 Å². The summed E-state index contributed by atoms with van der Waals surface area (Å²) in [6, 6.07) is 0. The molecule has 126 valence electrons. The molecule has 0 unspecified atom stereocenters. The molecule has 0 aliphatic heterocycles. The highest BCUT2D eigenvalue weighted by Crippen LogP contribution is 2.09. The predicted molar refractivity (Wildman–Crippen MR) is 91.5 cm³/mol. The van der Waals surface area contributed by atoms with Crippen LogP contribution in [0.15, 0.2) is 0 Å². The van der Waals surface area contributed by atoms with Crippen LogP contribution in [0.3, 0.4) is 0 Å². The molecule has 0 rings (SSSR count). The Labute approximate surface area is 132 Å². The molecule has 0 bridgehead atoms. The van der Waals surface area contributed by atoms with Crippen molar-refractivity contribution in [2.45, 2.75) is 91.9 Å². The summed E-state index contributed by atoms with van der Waals surface area (Å²) < 4.78 is 0. The molecule has 0 radical (unpaired) electrons. The number of carbonyl (C=O) groups is 2. The number of nitrogens with zero attached hydrogens (tertiary/aromatic N) is 1. The first-order valence-corrected chi connectivity index (χ1v) is 8.87. The standard InChI is InChI=1S/C16H31NO2.C2H6/c1-4-6-14-17(3)16(19)13-11-9-7-8-10-12-15(18)5-2;1-2/h4-14H2,1-3H3;1-2H3. The molecule has 0 aromatic heterocycles. The third kappa shape index (κ3) is 15.3. The fourth-order valence-corrected chi connectivity index (χ4v) is 2.02. The molecule has 0 saturated carbocycles. The Morgan fingerprint density at radius 1 is 0.810 bits per heavy atom. The van der Waals surface area contributed by atoms with Crippen molar-refractivity contribution in [2.24, 2.45) is 0 Å². The van der Waals surface area contributed by atoms with Gasteiger partial charge < -0.3 is 4.90 Å². The lowest BCUT2D eigenvalue weighted by atomic mass is 10.1. The van der Waals surface area contributed by atoms with E-state index in [9.17, 15) is 9.59 Å². The molecule has 3 nitrogen and oxygen atoms in total. The highest BCUT2D eigenvalue weighted by Gasteiger charge is 2.07. The van der Waals surface area contributed by atoms with E-state index in [0.29, 0.717) is 18.6 Å². The quantitative estimate of drug-likeness (QED) is 0.476. The Morgan fingerprint density at radius 2 is 1.33 bits per heavy atom. The van der Waals surface area contributed by atoms with Crippen LogP contribution in [-0.2, 0) is 9.59 Å². The van der Waals surface area contributed by atoms with Gasteiger partial charge in [-0.3, -0.25) is 9.59 Å². The number of hydrogen-bond acceptors (Lipinski definition) is 2. The highest BCUT2D eigenvalue weighted by molar-refractivity contribution is 5.77. The van der Waals surface area contributed by atoms with Crippen molar-refractivity contribution in [2.75, 3.05) is 13.6 Å². The van der Waals surface area contributed by atoms with Gasteiger partial charge in [-0.05, 0) is 19.3 Å². The fraction of sp³-hybridized carbons (Fsp3) is 0.889. The Bertz CT molecular complexity index is 252. The van der Waals surface area contributed by atoms with Crippen LogP contribution in [0.4, 0.5) is 0 Å². The van der Waals surface area contributed by atoms with Crippen molar-refractivity contribution >= 4 is 11.7 Å². The zero-order valence-corrected chi connectivity index (χ0v) is 15.0. The maximum atomic E-state index is 11.7. The van der Waals surface area contributed by atoms with E-state index in [1.54, 1.807) is 0 Å². The maximum absolute atomic E-state index is 11.7. The van der Waals surface area contributed by atoms with Gasteiger partial charge in [0.05, 0.1) is 0 Å². The molecule has 0 N–H and O–H groups in total. The van der Waals surface area contributed by atoms with E-state index in [1.165, 1.54) is 0 Å². The van der Waals surface area contributed by atoms with Gasteiger partial charge in [0.2, 0.25) is 5.91 Å². The van der Waals surface area contributed by atoms with Crippen molar-refractivity contribution in [3.05, 3.63) is 0 Å². The van der Waals surface area contributed by atoms with Crippen molar-refractivity contribution in [1.82, 2.24) is 4.90 Å². The van der Waals surface area contributed by atoms with Crippen molar-refractivity contribution in [3.63, 3.8) is 0 Å². The Hall–Kier alpha value is -0.860. The van der Waals surface area contributed by atoms with Gasteiger partial charge in [-0.25, -0.2) is 0 Å². The number of carbonyl (C=O) groups excluding carboxylic acids is 2. The summed E-state index contributed by atoms with van der Waals surface area (Å²) in [5.74, 6) is 0.641. The van der Waals surface area contributed by atoms with Gasteiger partial charge in [0.25, 0.3) is 0 Å². The second kappa shape index (κ2) is 17.2. The van der Waals surface area contributed by atoms with E-state index < -0.39 is 0 Å². The minimum Gasteiger partial charge on any atom is -0.346 e. The van der Waals surface area contributed by atoms with Crippen LogP contribution in [0, 0.1) is 0 Å². The van der Waals surface area contributed by atoms with Gasteiger partial charge in [0, 0.05) is 32.9 Å². The molecule has 0 aromatic rings. The van der Waals surface area contributed by atoms with Crippen molar-refractivity contribution in [3.8, 4) is 0 Å². The van der Waals surface area contributed by atoms with Gasteiger partial charge in [-0.2, -0.15) is 0 Å². The summed E-state index contributed by atoms with van der Waals surface area (Å²) in [6.07, 6.45) is 9.65. The topological polar surface area (TPSA) is 37.4 Å². The predicted octanol–water partition coefficient (Wildman–Crippen LogP) is 4.98. The van der Waals surface area contributed by atoms with Crippen molar-refractivity contribution in [1.29, 1.82) is 0 Å². The van der Waals surface area contributed by atoms with E-state index in [4.69, 9.17) is 0 Å². The summed E-state index contributed by atoms with van der Waals surface area (Å²) in [5, 5.41) is 0. The molecule has 21 heavy (non-hydrogen) atoms. The molecule has 1 amide bonds. The van der Waals surface area contributed by atoms with E-state index in [0.717, 1.165) is 57.9 Å². The molecule has 0 aliphatic carbocycles. The lowest BCUT2D eigenvalue weighted by Crippen LogP contribution is -2.27. The summed E-state index contributed by atoms with van der Waals surface area (Å²) in [4.78, 5) is 24.7. The summed E-state index contributed by atoms with van der Waals surface area (Å²) in [7, 11) is 1.90. The summed E-state index contributed by atoms with van der Waals surface area (Å²) in [5.41, 5.74) is 0. The smallest absolute Gasteiger partial charge is 0.222 e. The fourth-order valence-electron chi connectivity index (χ4n) is 2.02. The zero-order chi connectivity index (χ0) is 16.5. The lowest BCUT2D eigenvalue weighted by molar-refractivity contribution is -0.130. The molecule has 0 fully saturated rings. The monoisotopic (exact) mass is 299 g/mol. The van der Waals surface area contributed by atoms with E-state index >= 15 is 0 Å². The van der Waals surface area contributed by atoms with Crippen LogP contribution in [0.25, 0.3) is 0 Å². The minimum atomic E-state index is 0.273. The Morgan fingerprint density at radius 3 is 1.86 bits per heavy atom. The summed E-state index contributed by atoms with van der Waals surface area (Å²) in [6.45, 7) is 8.94. The number of hydrogen-bond donors (Lipinski definition) is 0. The van der Waals surface area contributed by atoms with E-state index in [2.05, 4.69) is 6.92 Å². The van der Waals surface area contributed by atoms with Crippen molar-refractivity contribution < 1.29 is 9.59 Å². The number of Topliss-reactive ketones (excluding diaryl/α,β-unsaturated/α-hetero) is 1. The van der Waals surface area contributed by atoms with Crippen LogP contribution in [-0.4, -0.2) is 30.2 Å². The first-order valence-electron chi connectivity index (χ1n) is 8.87. The van der Waals surface area contributed by atoms with E-state index in [-0.39, 0.29) is 5.91 Å². The van der Waals surface area contributed by atoms with Crippen LogP contribution >= 0.6 is 0 Å². The first-order chi connectivity index (χ1) is 10.1. The second-order valence-corrected chi connectivity index (χ2v) is 5.33. The third-order valence-corrected chi connectivity index (χ3v) is 3.51. The Kier molecular flexibility index (Phi) is 18.4. The molecule has 0 saturated heterocycles. The molecule has 0 spiro atoms. The van der Waals surface area contributed by atoms with Crippen LogP contribution in [0.1, 0.15) is 91.9 Å². The molecule has 0 heterocycles. The average molecular weight is 299 g/mol. The second-order valence-electron chi connectivity index (χ2n) is 5.33. The van der Waals surface area contributed by atoms with Gasteiger partial charge in [0.1, 0.15) is 5.78 Å². The number of ketones is 1. The number of amides is 1. The lowest BCUT2D eigenvalue weighted by Gasteiger charge is -2.16. The minimum absolute atomic E-state index is 0.273. The molecule has 0 atom stereocenters. The van der Waals surface area contributed by atoms with Gasteiger partial charge in [-0.1, -0.05) is 53.4 Å². The third-order valence-electron chi connectivity index (χ3n) is 3.51. The molecule has 0 aliphatic rings. The van der Waals surface area contributed by atoms with Crippen LogP contribution < -0.4 is 0 Å². The van der Waals surface area contributed by atoms with E-state index in [1.807, 2.05) is 32.7 Å². The molecular formula is C18H37NO2. The molecule has 3 heteroatoms. The van der Waals surface area contributed by atoms with Gasteiger partial charge >= 0.3 is 0 Å². The van der Waals surface area contributed by atoms with Crippen LogP contribution in [0.5, 0.6) is 0 Å². The molecular weight excluding hydrogens is 262 g/mol. The maximum Gasteiger partial charge on any atom is 0.222 e. The number of unbranched alkanes of at least 4 members (excludes halogenated alkanes) is 5. The van der Waals surface area contributed by atoms with Gasteiger partial charge in [0.15, 0.2) is 0 Å².